The number of hydrogen-bond acceptors (Lipinski definition) is 9. The second-order valence-corrected chi connectivity index (χ2v) is 4.48. The van der Waals surface area contributed by atoms with Crippen LogP contribution in [0.5, 0.6) is 0 Å². The van der Waals surface area contributed by atoms with Crippen LogP contribution in [0.3, 0.4) is 0 Å². The van der Waals surface area contributed by atoms with Crippen LogP contribution in [0.15, 0.2) is 18.3 Å². The zero-order valence-electron chi connectivity index (χ0n) is 12.9. The van der Waals surface area contributed by atoms with E-state index in [0.717, 1.165) is 0 Å². The predicted molar refractivity (Wildman–Crippen MR) is 77.6 cm³/mol. The van der Waals surface area contributed by atoms with Gasteiger partial charge in [-0.15, -0.1) is 14.8 Å². The van der Waals surface area contributed by atoms with Gasteiger partial charge in [0.25, 0.3) is 0 Å². The van der Waals surface area contributed by atoms with Gasteiger partial charge >= 0.3 is 11.9 Å². The second-order valence-electron chi connectivity index (χ2n) is 4.48. The summed E-state index contributed by atoms with van der Waals surface area (Å²) < 4.78 is 12.3. The van der Waals surface area contributed by atoms with Gasteiger partial charge in [0, 0.05) is 0 Å². The maximum Gasteiger partial charge on any atom is 0.358 e. The van der Waals surface area contributed by atoms with Crippen molar-refractivity contribution in [2.45, 2.75) is 13.8 Å². The Labute approximate surface area is 135 Å². The number of tetrazole rings is 1. The van der Waals surface area contributed by atoms with Crippen LogP contribution in [0.1, 0.15) is 34.7 Å². The Morgan fingerprint density at radius 3 is 2.62 bits per heavy atom. The van der Waals surface area contributed by atoms with Gasteiger partial charge in [0.05, 0.1) is 19.4 Å². The summed E-state index contributed by atoms with van der Waals surface area (Å²) in [5, 5.41) is 19.1. The minimum atomic E-state index is -0.711. The first kappa shape index (κ1) is 15.5. The molecule has 3 rings (SSSR count). The average Bonchev–Trinajstić information content (AvgIpc) is 3.21. The molecule has 0 atom stereocenters. The number of carbonyl (C=O) groups excluding carboxylic acids is 2. The van der Waals surface area contributed by atoms with Crippen LogP contribution >= 0.6 is 0 Å². The lowest BCUT2D eigenvalue weighted by Crippen LogP contribution is -2.18. The highest BCUT2D eigenvalue weighted by Gasteiger charge is 2.27. The van der Waals surface area contributed by atoms with Crippen molar-refractivity contribution in [3.8, 4) is 5.82 Å². The normalized spacial score (nSPS) is 10.8. The van der Waals surface area contributed by atoms with E-state index in [1.165, 1.54) is 15.5 Å². The summed E-state index contributed by atoms with van der Waals surface area (Å²) in [6.07, 6.45) is 1.23. The van der Waals surface area contributed by atoms with Gasteiger partial charge in [0.2, 0.25) is 0 Å². The van der Waals surface area contributed by atoms with Crippen molar-refractivity contribution < 1.29 is 19.1 Å². The van der Waals surface area contributed by atoms with Crippen molar-refractivity contribution in [1.82, 2.24) is 35.0 Å². The van der Waals surface area contributed by atoms with E-state index in [1.54, 1.807) is 26.0 Å². The highest BCUT2D eigenvalue weighted by Crippen LogP contribution is 2.16. The molecule has 3 aromatic rings. The van der Waals surface area contributed by atoms with Crippen LogP contribution in [0.4, 0.5) is 0 Å². The minimum absolute atomic E-state index is 0.00564. The van der Waals surface area contributed by atoms with Gasteiger partial charge in [-0.1, -0.05) is 0 Å². The molecule has 0 saturated carbocycles. The fourth-order valence-corrected chi connectivity index (χ4v) is 2.03. The van der Waals surface area contributed by atoms with Gasteiger partial charge in [-0.25, -0.2) is 14.3 Å². The van der Waals surface area contributed by atoms with E-state index in [2.05, 4.69) is 25.7 Å². The Bertz CT molecular complexity index is 901. The molecular weight excluding hydrogens is 318 g/mol. The molecule has 0 unspecified atom stereocenters. The lowest BCUT2D eigenvalue weighted by molar-refractivity contribution is 0.0472. The first-order chi connectivity index (χ1) is 11.7. The van der Waals surface area contributed by atoms with Crippen molar-refractivity contribution in [2.24, 2.45) is 0 Å². The summed E-state index contributed by atoms with van der Waals surface area (Å²) >= 11 is 0. The first-order valence-corrected chi connectivity index (χ1v) is 7.13. The SMILES string of the molecule is CCOC(=O)c1cnn(-c2ccc3nnnn3n2)c1C(=O)OCC. The monoisotopic (exact) mass is 331 g/mol. The Hall–Kier alpha value is -3.37. The zero-order chi connectivity index (χ0) is 17.1. The highest BCUT2D eigenvalue weighted by atomic mass is 16.5. The van der Waals surface area contributed by atoms with Gasteiger partial charge in [-0.05, 0) is 36.4 Å². The Morgan fingerprint density at radius 1 is 1.12 bits per heavy atom. The molecule has 0 saturated heterocycles. The van der Waals surface area contributed by atoms with Crippen molar-refractivity contribution >= 4 is 17.6 Å². The summed E-state index contributed by atoms with van der Waals surface area (Å²) in [6.45, 7) is 3.64. The number of fused-ring (bicyclic) bond motifs is 1. The molecule has 3 heterocycles. The third-order valence-corrected chi connectivity index (χ3v) is 3.01. The molecule has 0 aliphatic carbocycles. The van der Waals surface area contributed by atoms with E-state index < -0.39 is 11.9 Å². The fraction of sp³-hybridized carbons (Fsp3) is 0.308. The van der Waals surface area contributed by atoms with E-state index in [-0.39, 0.29) is 30.3 Å². The van der Waals surface area contributed by atoms with Crippen molar-refractivity contribution in [3.05, 3.63) is 29.6 Å². The largest absolute Gasteiger partial charge is 0.462 e. The van der Waals surface area contributed by atoms with Gasteiger partial charge in [0.1, 0.15) is 5.56 Å². The summed E-state index contributed by atoms with van der Waals surface area (Å²) in [4.78, 5) is 24.3. The summed E-state index contributed by atoms with van der Waals surface area (Å²) in [7, 11) is 0. The van der Waals surface area contributed by atoms with E-state index in [0.29, 0.717) is 5.65 Å². The number of nitrogens with zero attached hydrogens (tertiary/aromatic N) is 7. The maximum atomic E-state index is 12.3. The first-order valence-electron chi connectivity index (χ1n) is 7.13. The molecule has 3 aromatic heterocycles. The smallest absolute Gasteiger partial charge is 0.358 e. The molecule has 0 N–H and O–H groups in total. The lowest BCUT2D eigenvalue weighted by atomic mass is 10.2. The molecule has 11 nitrogen and oxygen atoms in total. The number of hydrogen-bond donors (Lipinski definition) is 0. The van der Waals surface area contributed by atoms with E-state index in [1.807, 2.05) is 0 Å². The third kappa shape index (κ3) is 2.66. The summed E-state index contributed by atoms with van der Waals surface area (Å²) in [6, 6.07) is 3.17. The van der Waals surface area contributed by atoms with E-state index >= 15 is 0 Å². The lowest BCUT2D eigenvalue weighted by Gasteiger charge is -2.08. The number of carbonyl (C=O) groups is 2. The molecule has 0 amide bonds. The van der Waals surface area contributed by atoms with Gasteiger partial charge in [-0.3, -0.25) is 0 Å². The van der Waals surface area contributed by atoms with Crippen LogP contribution in [-0.4, -0.2) is 60.2 Å². The predicted octanol–water partition coefficient (Wildman–Crippen LogP) is 0.0584. The van der Waals surface area contributed by atoms with Crippen LogP contribution in [0, 0.1) is 0 Å². The minimum Gasteiger partial charge on any atom is -0.462 e. The molecule has 0 spiro atoms. The molecule has 0 aromatic carbocycles. The van der Waals surface area contributed by atoms with Gasteiger partial charge in [0.15, 0.2) is 17.2 Å². The average molecular weight is 331 g/mol. The van der Waals surface area contributed by atoms with Crippen LogP contribution in [-0.2, 0) is 9.47 Å². The third-order valence-electron chi connectivity index (χ3n) is 3.01. The molecule has 11 heteroatoms. The molecule has 0 aliphatic rings. The standard InChI is InChI=1S/C13H13N7O4/c1-3-23-12(21)8-7-14-19(11(8)13(22)24-4-2)10-6-5-9-15-17-18-20(9)16-10/h5-7H,3-4H2,1-2H3. The molecule has 24 heavy (non-hydrogen) atoms. The van der Waals surface area contributed by atoms with Crippen LogP contribution < -0.4 is 0 Å². The Balaban J connectivity index is 2.12. The molecule has 0 bridgehead atoms. The van der Waals surface area contributed by atoms with E-state index in [9.17, 15) is 9.59 Å². The van der Waals surface area contributed by atoms with Crippen LogP contribution in [0.25, 0.3) is 11.5 Å². The maximum absolute atomic E-state index is 12.3. The topological polar surface area (TPSA) is 126 Å². The number of esters is 2. The van der Waals surface area contributed by atoms with Gasteiger partial charge in [-0.2, -0.15) is 5.10 Å². The Kier molecular flexibility index (Phi) is 4.14. The molecular formula is C13H13N7O4. The zero-order valence-corrected chi connectivity index (χ0v) is 12.9. The van der Waals surface area contributed by atoms with Crippen LogP contribution in [0.2, 0.25) is 0 Å². The molecule has 0 aliphatic heterocycles. The van der Waals surface area contributed by atoms with E-state index in [4.69, 9.17) is 9.47 Å². The molecule has 124 valence electrons. The highest BCUT2D eigenvalue weighted by molar-refractivity contribution is 6.02. The fourth-order valence-electron chi connectivity index (χ4n) is 2.03. The summed E-state index contributed by atoms with van der Waals surface area (Å²) in [5.74, 6) is -1.14. The molecule has 0 radical (unpaired) electrons. The van der Waals surface area contributed by atoms with Gasteiger partial charge < -0.3 is 9.47 Å². The van der Waals surface area contributed by atoms with Crippen molar-refractivity contribution in [3.63, 3.8) is 0 Å². The quantitative estimate of drug-likeness (QED) is 0.596. The number of aromatic nitrogens is 7. The van der Waals surface area contributed by atoms with Crippen molar-refractivity contribution in [2.75, 3.05) is 13.2 Å². The summed E-state index contributed by atoms with van der Waals surface area (Å²) in [5.41, 5.74) is 0.346. The number of ether oxygens (including phenoxy) is 2. The van der Waals surface area contributed by atoms with Crippen molar-refractivity contribution in [1.29, 1.82) is 0 Å². The Morgan fingerprint density at radius 2 is 1.88 bits per heavy atom. The second kappa shape index (κ2) is 6.40. The molecule has 0 fully saturated rings. The number of rotatable bonds is 5.